The Morgan fingerprint density at radius 3 is 3.00 bits per heavy atom. The molecule has 4 rings (SSSR count). The van der Waals surface area contributed by atoms with Crippen LogP contribution in [0.25, 0.3) is 0 Å². The highest BCUT2D eigenvalue weighted by atomic mass is 35.5. The molecular formula is C15H15ClN2O3. The van der Waals surface area contributed by atoms with Gasteiger partial charge in [-0.2, -0.15) is 0 Å². The molecule has 110 valence electrons. The highest BCUT2D eigenvalue weighted by Crippen LogP contribution is 2.40. The monoisotopic (exact) mass is 306 g/mol. The van der Waals surface area contributed by atoms with Crippen LogP contribution in [0, 0.1) is 0 Å². The second-order valence-electron chi connectivity index (χ2n) is 5.73. The Hall–Kier alpha value is -1.59. The molecule has 1 aromatic rings. The van der Waals surface area contributed by atoms with Crippen molar-refractivity contribution in [3.8, 4) is 0 Å². The largest absolute Gasteiger partial charge is 0.374 e. The highest BCUT2D eigenvalue weighted by molar-refractivity contribution is 6.52. The zero-order valence-electron chi connectivity index (χ0n) is 11.4. The molecule has 5 nitrogen and oxygen atoms in total. The van der Waals surface area contributed by atoms with E-state index in [0.717, 1.165) is 31.5 Å². The number of morpholine rings is 1. The van der Waals surface area contributed by atoms with Crippen LogP contribution in [-0.4, -0.2) is 37.0 Å². The molecule has 1 aromatic carbocycles. The van der Waals surface area contributed by atoms with E-state index in [1.165, 1.54) is 0 Å². The summed E-state index contributed by atoms with van der Waals surface area (Å²) in [6.07, 6.45) is 3.59. The topological polar surface area (TPSA) is 58.6 Å². The van der Waals surface area contributed by atoms with Crippen molar-refractivity contribution < 1.29 is 14.3 Å². The van der Waals surface area contributed by atoms with Crippen LogP contribution in [0.2, 0.25) is 5.02 Å². The summed E-state index contributed by atoms with van der Waals surface area (Å²) in [4.78, 5) is 25.5. The molecule has 0 aromatic heterocycles. The lowest BCUT2D eigenvalue weighted by Gasteiger charge is -2.39. The van der Waals surface area contributed by atoms with Crippen molar-refractivity contribution in [3.05, 3.63) is 22.7 Å². The van der Waals surface area contributed by atoms with Gasteiger partial charge in [0, 0.05) is 6.54 Å². The number of anilines is 2. The lowest BCUT2D eigenvalue weighted by molar-refractivity contribution is -0.112. The number of benzene rings is 1. The third kappa shape index (κ3) is 1.95. The average Bonchev–Trinajstić information content (AvgIpc) is 3.05. The van der Waals surface area contributed by atoms with Crippen LogP contribution in [0.15, 0.2) is 12.1 Å². The standard InChI is InChI=1S/C15H15ClN2O3/c16-9-6-8-10(17-15(20)14(8)19)7-12(9)18-4-5-21-13-3-1-2-11(13)18/h6-7,11,13H,1-5H2,(H,17,19,20). The van der Waals surface area contributed by atoms with Crippen LogP contribution in [0.4, 0.5) is 11.4 Å². The van der Waals surface area contributed by atoms with E-state index in [0.29, 0.717) is 28.9 Å². The molecule has 2 heterocycles. The molecule has 3 aliphatic rings. The first kappa shape index (κ1) is 13.1. The molecule has 1 N–H and O–H groups in total. The minimum absolute atomic E-state index is 0.263. The molecule has 0 bridgehead atoms. The summed E-state index contributed by atoms with van der Waals surface area (Å²) in [5.74, 6) is -1.10. The summed E-state index contributed by atoms with van der Waals surface area (Å²) in [6.45, 7) is 1.46. The number of nitrogens with one attached hydrogen (secondary N) is 1. The number of halogens is 1. The Bertz CT molecular complexity index is 646. The molecule has 0 spiro atoms. The molecule has 1 aliphatic carbocycles. The quantitative estimate of drug-likeness (QED) is 0.808. The molecule has 0 radical (unpaired) electrons. The second kappa shape index (κ2) is 4.71. The molecule has 1 saturated carbocycles. The number of hydrogen-bond acceptors (Lipinski definition) is 4. The maximum atomic E-state index is 11.7. The van der Waals surface area contributed by atoms with Gasteiger partial charge in [-0.1, -0.05) is 11.6 Å². The van der Waals surface area contributed by atoms with Gasteiger partial charge in [0.2, 0.25) is 0 Å². The van der Waals surface area contributed by atoms with Gasteiger partial charge >= 0.3 is 0 Å². The fourth-order valence-corrected chi connectivity index (χ4v) is 3.87. The van der Waals surface area contributed by atoms with Gasteiger partial charge in [0.05, 0.1) is 40.7 Å². The first-order chi connectivity index (χ1) is 10.1. The number of rotatable bonds is 1. The Morgan fingerprint density at radius 2 is 2.14 bits per heavy atom. The number of nitrogens with zero attached hydrogens (tertiary/aromatic N) is 1. The molecular weight excluding hydrogens is 292 g/mol. The van der Waals surface area contributed by atoms with E-state index in [1.807, 2.05) is 6.07 Å². The van der Waals surface area contributed by atoms with Gasteiger partial charge in [0.25, 0.3) is 11.7 Å². The van der Waals surface area contributed by atoms with Crippen molar-refractivity contribution in [2.75, 3.05) is 23.4 Å². The Kier molecular flexibility index (Phi) is 2.94. The van der Waals surface area contributed by atoms with Crippen LogP contribution in [-0.2, 0) is 9.53 Å². The highest BCUT2D eigenvalue weighted by Gasteiger charge is 2.38. The zero-order chi connectivity index (χ0) is 14.6. The minimum atomic E-state index is -0.584. The number of carbonyl (C=O) groups excluding carboxylic acids is 2. The third-order valence-electron chi connectivity index (χ3n) is 4.58. The summed E-state index contributed by atoms with van der Waals surface area (Å²) in [5.41, 5.74) is 1.81. The molecule has 1 amide bonds. The smallest absolute Gasteiger partial charge is 0.296 e. The fraction of sp³-hybridized carbons (Fsp3) is 0.467. The number of ketones is 1. The fourth-order valence-electron chi connectivity index (χ4n) is 3.60. The number of ether oxygens (including phenoxy) is 1. The van der Waals surface area contributed by atoms with Crippen LogP contribution < -0.4 is 10.2 Å². The summed E-state index contributed by atoms with van der Waals surface area (Å²) in [6, 6.07) is 3.76. The van der Waals surface area contributed by atoms with Crippen LogP contribution >= 0.6 is 11.6 Å². The Labute approximate surface area is 127 Å². The Balaban J connectivity index is 1.74. The normalized spacial score (nSPS) is 27.6. The van der Waals surface area contributed by atoms with Crippen molar-refractivity contribution in [2.45, 2.75) is 31.4 Å². The molecule has 2 aliphatic heterocycles. The number of fused-ring (bicyclic) bond motifs is 2. The lowest BCUT2D eigenvalue weighted by Crippen LogP contribution is -2.48. The van der Waals surface area contributed by atoms with Crippen molar-refractivity contribution in [3.63, 3.8) is 0 Å². The molecule has 6 heteroatoms. The maximum absolute atomic E-state index is 11.7. The van der Waals surface area contributed by atoms with E-state index >= 15 is 0 Å². The first-order valence-corrected chi connectivity index (χ1v) is 7.60. The molecule has 1 saturated heterocycles. The second-order valence-corrected chi connectivity index (χ2v) is 6.14. The number of carbonyl (C=O) groups is 2. The summed E-state index contributed by atoms with van der Waals surface area (Å²) in [5, 5.41) is 3.13. The maximum Gasteiger partial charge on any atom is 0.296 e. The van der Waals surface area contributed by atoms with Gasteiger partial charge in [-0.15, -0.1) is 0 Å². The minimum Gasteiger partial charge on any atom is -0.374 e. The van der Waals surface area contributed by atoms with E-state index in [1.54, 1.807) is 6.07 Å². The van der Waals surface area contributed by atoms with Crippen LogP contribution in [0.1, 0.15) is 29.6 Å². The van der Waals surface area contributed by atoms with Gasteiger partial charge in [0.15, 0.2) is 0 Å². The van der Waals surface area contributed by atoms with Gasteiger partial charge in [0.1, 0.15) is 0 Å². The van der Waals surface area contributed by atoms with Crippen molar-refractivity contribution in [2.24, 2.45) is 0 Å². The SMILES string of the molecule is O=C1Nc2cc(N3CCOC4CCCC43)c(Cl)cc2C1=O. The summed E-state index contributed by atoms with van der Waals surface area (Å²) >= 11 is 6.37. The van der Waals surface area contributed by atoms with Crippen LogP contribution in [0.5, 0.6) is 0 Å². The van der Waals surface area contributed by atoms with Crippen molar-refractivity contribution in [1.29, 1.82) is 0 Å². The van der Waals surface area contributed by atoms with E-state index < -0.39 is 11.7 Å². The van der Waals surface area contributed by atoms with E-state index in [9.17, 15) is 9.59 Å². The molecule has 21 heavy (non-hydrogen) atoms. The van der Waals surface area contributed by atoms with E-state index in [2.05, 4.69) is 10.2 Å². The van der Waals surface area contributed by atoms with Gasteiger partial charge in [-0.05, 0) is 31.4 Å². The van der Waals surface area contributed by atoms with Crippen molar-refractivity contribution in [1.82, 2.24) is 0 Å². The molecule has 2 fully saturated rings. The first-order valence-electron chi connectivity index (χ1n) is 7.22. The summed E-state index contributed by atoms with van der Waals surface area (Å²) in [7, 11) is 0. The van der Waals surface area contributed by atoms with E-state index in [-0.39, 0.29) is 6.10 Å². The average molecular weight is 307 g/mol. The predicted molar refractivity (Wildman–Crippen MR) is 79.1 cm³/mol. The number of hydrogen-bond donors (Lipinski definition) is 1. The number of amides is 1. The van der Waals surface area contributed by atoms with Crippen LogP contribution in [0.3, 0.4) is 0 Å². The lowest BCUT2D eigenvalue weighted by atomic mass is 10.1. The molecule has 2 unspecified atom stereocenters. The predicted octanol–water partition coefficient (Wildman–Crippen LogP) is 2.23. The Morgan fingerprint density at radius 1 is 1.29 bits per heavy atom. The zero-order valence-corrected chi connectivity index (χ0v) is 12.2. The number of Topliss-reactive ketones (excluding diaryl/α,β-unsaturated/α-hetero) is 1. The summed E-state index contributed by atoms with van der Waals surface area (Å²) < 4.78 is 5.81. The van der Waals surface area contributed by atoms with Crippen molar-refractivity contribution >= 4 is 34.7 Å². The third-order valence-corrected chi connectivity index (χ3v) is 4.88. The van der Waals surface area contributed by atoms with Gasteiger partial charge in [-0.3, -0.25) is 9.59 Å². The van der Waals surface area contributed by atoms with Gasteiger partial charge in [-0.25, -0.2) is 0 Å². The van der Waals surface area contributed by atoms with E-state index in [4.69, 9.17) is 16.3 Å². The van der Waals surface area contributed by atoms with Gasteiger partial charge < -0.3 is 15.0 Å². The molecule has 2 atom stereocenters.